The van der Waals surface area contributed by atoms with Crippen LogP contribution in [0, 0.1) is 17.2 Å². The van der Waals surface area contributed by atoms with E-state index in [1.54, 1.807) is 11.6 Å². The van der Waals surface area contributed by atoms with Crippen molar-refractivity contribution in [2.24, 2.45) is 5.92 Å². The molecule has 1 N–H and O–H groups in total. The normalized spacial score (nSPS) is 24.5. The van der Waals surface area contributed by atoms with Gasteiger partial charge in [0.1, 0.15) is 17.9 Å². The van der Waals surface area contributed by atoms with Gasteiger partial charge in [-0.3, -0.25) is 19.3 Å². The van der Waals surface area contributed by atoms with Gasteiger partial charge in [-0.2, -0.15) is 23.5 Å². The Morgan fingerprint density at radius 3 is 2.52 bits per heavy atom. The van der Waals surface area contributed by atoms with Gasteiger partial charge in [-0.25, -0.2) is 4.68 Å². The third-order valence-corrected chi connectivity index (χ3v) is 9.52. The first-order chi connectivity index (χ1) is 21.1. The summed E-state index contributed by atoms with van der Waals surface area (Å²) in [7, 11) is 0. The summed E-state index contributed by atoms with van der Waals surface area (Å²) in [6.45, 7) is 3.45. The summed E-state index contributed by atoms with van der Waals surface area (Å²) >= 11 is 0. The van der Waals surface area contributed by atoms with Crippen molar-refractivity contribution in [3.8, 4) is 6.07 Å². The van der Waals surface area contributed by atoms with Crippen LogP contribution in [0.4, 0.5) is 19.0 Å². The van der Waals surface area contributed by atoms with E-state index in [2.05, 4.69) is 11.4 Å². The van der Waals surface area contributed by atoms with Crippen molar-refractivity contribution >= 4 is 23.5 Å². The molecule has 2 aromatic rings. The summed E-state index contributed by atoms with van der Waals surface area (Å²) in [5.74, 6) is -1.70. The predicted molar refractivity (Wildman–Crippen MR) is 152 cm³/mol. The smallest absolute Gasteiger partial charge is 0.381 e. The second-order valence-electron chi connectivity index (χ2n) is 12.0. The monoisotopic (exact) mass is 612 g/mol. The molecule has 1 aromatic carbocycles. The van der Waals surface area contributed by atoms with Gasteiger partial charge in [-0.05, 0) is 69.6 Å². The number of likely N-dealkylation sites (tertiary alicyclic amines) is 1. The molecule has 3 atom stereocenters. The summed E-state index contributed by atoms with van der Waals surface area (Å²) < 4.78 is 47.6. The lowest BCUT2D eigenvalue weighted by Crippen LogP contribution is -2.57. The minimum atomic E-state index is -4.63. The van der Waals surface area contributed by atoms with E-state index in [9.17, 15) is 32.8 Å². The number of likely N-dealkylation sites (N-methyl/N-ethyl adjacent to an activating group) is 1. The summed E-state index contributed by atoms with van der Waals surface area (Å²) in [5.41, 5.74) is -0.422. The number of anilines is 1. The Morgan fingerprint density at radius 2 is 1.89 bits per heavy atom. The number of hydrogen-bond acceptors (Lipinski definition) is 6. The number of hydrogen-bond donors (Lipinski definition) is 1. The highest BCUT2D eigenvalue weighted by molar-refractivity contribution is 6.07. The van der Waals surface area contributed by atoms with Crippen molar-refractivity contribution in [1.82, 2.24) is 20.0 Å². The van der Waals surface area contributed by atoms with Gasteiger partial charge < -0.3 is 15.0 Å². The third kappa shape index (κ3) is 5.23. The fourth-order valence-electron chi connectivity index (χ4n) is 7.05. The fraction of sp³-hybridized carbons (Fsp3) is 0.581. The molecule has 2 saturated heterocycles. The number of nitrogens with one attached hydrogen (secondary N) is 1. The van der Waals surface area contributed by atoms with E-state index >= 15 is 0 Å². The van der Waals surface area contributed by atoms with Gasteiger partial charge in [0.05, 0.1) is 17.7 Å². The Bertz CT molecular complexity index is 1490. The van der Waals surface area contributed by atoms with Crippen molar-refractivity contribution in [2.45, 2.75) is 82.1 Å². The van der Waals surface area contributed by atoms with Gasteiger partial charge >= 0.3 is 6.18 Å². The average Bonchev–Trinajstić information content (AvgIpc) is 3.63. The summed E-state index contributed by atoms with van der Waals surface area (Å²) in [5, 5.41) is 17.4. The molecule has 3 amide bonds. The molecule has 0 radical (unpaired) electrons. The number of benzene rings is 1. The number of rotatable bonds is 6. The van der Waals surface area contributed by atoms with E-state index in [1.165, 1.54) is 15.9 Å². The fourth-order valence-corrected chi connectivity index (χ4v) is 7.05. The van der Waals surface area contributed by atoms with Gasteiger partial charge in [0.15, 0.2) is 5.69 Å². The second kappa shape index (κ2) is 11.9. The van der Waals surface area contributed by atoms with E-state index in [0.29, 0.717) is 56.8 Å². The zero-order valence-electron chi connectivity index (χ0n) is 24.5. The highest BCUT2D eigenvalue weighted by Gasteiger charge is 2.51. The number of halogens is 3. The number of nitriles is 1. The molecule has 44 heavy (non-hydrogen) atoms. The van der Waals surface area contributed by atoms with Crippen LogP contribution in [0.5, 0.6) is 0 Å². The number of nitrogens with zero attached hydrogens (tertiary/aromatic N) is 5. The lowest BCUT2D eigenvalue weighted by Gasteiger charge is -2.44. The number of amides is 3. The van der Waals surface area contributed by atoms with E-state index in [1.807, 2.05) is 0 Å². The highest BCUT2D eigenvalue weighted by Crippen LogP contribution is 2.50. The lowest BCUT2D eigenvalue weighted by atomic mass is 9.68. The van der Waals surface area contributed by atoms with E-state index in [4.69, 9.17) is 9.84 Å². The molecule has 1 aliphatic carbocycles. The zero-order valence-corrected chi connectivity index (χ0v) is 24.5. The van der Waals surface area contributed by atoms with E-state index in [0.717, 1.165) is 37.5 Å². The molecule has 0 bridgehead atoms. The third-order valence-electron chi connectivity index (χ3n) is 9.52. The summed E-state index contributed by atoms with van der Waals surface area (Å²) in [4.78, 5) is 45.0. The quantitative estimate of drug-likeness (QED) is 0.516. The Balaban J connectivity index is 1.47. The molecule has 6 rings (SSSR count). The Labute approximate surface area is 253 Å². The minimum absolute atomic E-state index is 0.0484. The van der Waals surface area contributed by atoms with E-state index < -0.39 is 35.6 Å². The van der Waals surface area contributed by atoms with Crippen LogP contribution in [0.2, 0.25) is 0 Å². The van der Waals surface area contributed by atoms with Gasteiger partial charge in [0, 0.05) is 43.3 Å². The Kier molecular flexibility index (Phi) is 8.13. The van der Waals surface area contributed by atoms with Crippen LogP contribution in [-0.2, 0) is 15.7 Å². The molecule has 3 unspecified atom stereocenters. The Hall–Kier alpha value is -3.92. The first kappa shape index (κ1) is 30.1. The van der Waals surface area contributed by atoms with Crippen LogP contribution in [0.25, 0.3) is 0 Å². The maximum Gasteiger partial charge on any atom is 0.416 e. The lowest BCUT2D eigenvalue weighted by molar-refractivity contribution is -0.137. The van der Waals surface area contributed by atoms with Crippen LogP contribution in [0.1, 0.15) is 95.8 Å². The molecule has 1 saturated carbocycles. The minimum Gasteiger partial charge on any atom is -0.381 e. The van der Waals surface area contributed by atoms with Gasteiger partial charge in [0.2, 0.25) is 0 Å². The van der Waals surface area contributed by atoms with Crippen LogP contribution in [-0.4, -0.2) is 70.8 Å². The number of aromatic nitrogens is 2. The maximum atomic E-state index is 14.3. The number of fused-ring (bicyclic) bond motifs is 1. The second-order valence-corrected chi connectivity index (χ2v) is 12.0. The molecule has 3 aliphatic heterocycles. The predicted octanol–water partition coefficient (Wildman–Crippen LogP) is 4.43. The van der Waals surface area contributed by atoms with Crippen molar-refractivity contribution in [1.29, 1.82) is 5.26 Å². The molecule has 4 aliphatic rings. The van der Waals surface area contributed by atoms with E-state index in [-0.39, 0.29) is 41.6 Å². The molecule has 3 fully saturated rings. The van der Waals surface area contributed by atoms with Crippen molar-refractivity contribution in [2.75, 3.05) is 31.2 Å². The van der Waals surface area contributed by atoms with Crippen molar-refractivity contribution in [3.63, 3.8) is 0 Å². The number of carbonyl (C=O) groups is 3. The first-order valence-electron chi connectivity index (χ1n) is 15.3. The highest BCUT2D eigenvalue weighted by atomic mass is 19.4. The maximum absolute atomic E-state index is 14.3. The van der Waals surface area contributed by atoms with Crippen LogP contribution in [0.15, 0.2) is 24.3 Å². The SMILES string of the molecule is CCN1C(=O)C(NC(=O)c2cccc(C(F)(F)F)c2)C(C2CCC2)c2c(C(=O)N3CCCC3C#N)nn(C3CCOCC3)c21. The number of carbonyl (C=O) groups excluding carboxylic acids is 3. The van der Waals surface area contributed by atoms with Crippen LogP contribution >= 0.6 is 0 Å². The molecule has 13 heteroatoms. The zero-order chi connectivity index (χ0) is 31.2. The van der Waals surface area contributed by atoms with Crippen LogP contribution in [0.3, 0.4) is 0 Å². The molecular formula is C31H35F3N6O4. The van der Waals surface area contributed by atoms with Crippen molar-refractivity contribution in [3.05, 3.63) is 46.6 Å². The Morgan fingerprint density at radius 1 is 1.14 bits per heavy atom. The van der Waals surface area contributed by atoms with Crippen molar-refractivity contribution < 1.29 is 32.3 Å². The van der Waals surface area contributed by atoms with Crippen LogP contribution < -0.4 is 10.2 Å². The first-order valence-corrected chi connectivity index (χ1v) is 15.3. The summed E-state index contributed by atoms with van der Waals surface area (Å²) in [6.07, 6.45) is 0.338. The van der Waals surface area contributed by atoms with Gasteiger partial charge in [-0.1, -0.05) is 12.5 Å². The standard InChI is InChI=1S/C31H35F3N6O4/c1-2-38-28-24(26(30(43)39-13-5-10-22(39)17-35)37-40(28)21-11-14-44-15-12-21)23(18-6-3-7-18)25(29(38)42)36-27(41)19-8-4-9-20(16-19)31(32,33)34/h4,8-9,16,18,21-23,25H,2-3,5-7,10-15H2,1H3,(H,36,41). The number of alkyl halides is 3. The molecule has 4 heterocycles. The van der Waals surface area contributed by atoms with Gasteiger partial charge in [0.25, 0.3) is 17.7 Å². The molecular weight excluding hydrogens is 577 g/mol. The molecule has 10 nitrogen and oxygen atoms in total. The molecule has 234 valence electrons. The van der Waals surface area contributed by atoms with Gasteiger partial charge in [-0.15, -0.1) is 0 Å². The topological polar surface area (TPSA) is 121 Å². The average molecular weight is 613 g/mol. The largest absolute Gasteiger partial charge is 0.416 e. The molecule has 1 aromatic heterocycles. The summed E-state index contributed by atoms with van der Waals surface area (Å²) in [6, 6.07) is 4.51. The molecule has 0 spiro atoms. The number of ether oxygens (including phenoxy) is 1.